The van der Waals surface area contributed by atoms with E-state index in [4.69, 9.17) is 11.0 Å². The third-order valence-electron chi connectivity index (χ3n) is 19.3. The molecule has 0 saturated carbocycles. The Hall–Kier alpha value is -10.9. The van der Waals surface area contributed by atoms with Crippen molar-refractivity contribution in [2.24, 2.45) is 0 Å². The maximum atomic E-state index is 9.58. The van der Waals surface area contributed by atoms with E-state index in [1.54, 1.807) is 0 Å². The Morgan fingerprint density at radius 1 is 0.396 bits per heavy atom. The summed E-state index contributed by atoms with van der Waals surface area (Å²) in [6.45, 7) is 12.9. The first-order valence-corrected chi connectivity index (χ1v) is 31.3. The molecule has 4 nitrogen and oxygen atoms in total. The van der Waals surface area contributed by atoms with E-state index in [-0.39, 0.29) is 46.1 Å². The quantitative estimate of drug-likeness (QED) is 0.146. The van der Waals surface area contributed by atoms with E-state index < -0.39 is 43.0 Å². The number of aromatic nitrogens is 3. The number of benzene rings is 13. The zero-order valence-electron chi connectivity index (χ0n) is 61.2. The zero-order valence-corrected chi connectivity index (χ0v) is 51.2. The molecule has 0 unspecified atom stereocenters. The minimum absolute atomic E-state index is 0.0883. The third kappa shape index (κ3) is 8.16. The molecule has 0 radical (unpaired) electrons. The molecule has 0 amide bonds. The Labute approximate surface area is 544 Å². The van der Waals surface area contributed by atoms with Gasteiger partial charge in [0.05, 0.1) is 41.5 Å². The number of H-pyrrole nitrogens is 1. The van der Waals surface area contributed by atoms with Gasteiger partial charge in [-0.25, -0.2) is 0 Å². The Bertz CT molecular complexity index is 6290. The van der Waals surface area contributed by atoms with Gasteiger partial charge in [-0.1, -0.05) is 260 Å². The number of para-hydroxylation sites is 2. The van der Waals surface area contributed by atoms with Crippen molar-refractivity contribution in [3.05, 3.63) is 284 Å². The van der Waals surface area contributed by atoms with Crippen molar-refractivity contribution in [1.82, 2.24) is 14.1 Å². The zero-order chi connectivity index (χ0) is 69.7. The summed E-state index contributed by atoms with van der Waals surface area (Å²) in [5.41, 5.74) is 24.0. The first-order chi connectivity index (χ1) is 48.5. The first-order valence-electron chi connectivity index (χ1n) is 36.3. The summed E-state index contributed by atoms with van der Waals surface area (Å²) in [6.07, 6.45) is 0. The highest BCUT2D eigenvalue weighted by Crippen LogP contribution is 2.48. The predicted molar refractivity (Wildman–Crippen MR) is 389 cm³/mol. The molecule has 13 aromatic carbocycles. The van der Waals surface area contributed by atoms with Crippen molar-refractivity contribution < 1.29 is 13.7 Å². The van der Waals surface area contributed by atoms with Gasteiger partial charge in [0.1, 0.15) is 0 Å². The minimum Gasteiger partial charge on any atom is -0.355 e. The van der Waals surface area contributed by atoms with E-state index in [1.165, 1.54) is 11.1 Å². The summed E-state index contributed by atoms with van der Waals surface area (Å²) in [7, 11) is 0. The van der Waals surface area contributed by atoms with Gasteiger partial charge in [0.25, 0.3) is 6.71 Å². The lowest BCUT2D eigenvalue weighted by Crippen LogP contribution is -2.59. The monoisotopic (exact) mass is 1170 g/mol. The number of hydrogen-bond acceptors (Lipinski definition) is 1. The van der Waals surface area contributed by atoms with Crippen LogP contribution in [0.3, 0.4) is 0 Å². The summed E-state index contributed by atoms with van der Waals surface area (Å²) >= 11 is 0. The van der Waals surface area contributed by atoms with Gasteiger partial charge in [0.2, 0.25) is 0 Å². The van der Waals surface area contributed by atoms with Gasteiger partial charge in [-0.3, -0.25) is 0 Å². The van der Waals surface area contributed by atoms with Crippen molar-refractivity contribution in [3.8, 4) is 78.1 Å². The molecule has 16 aromatic rings. The lowest BCUT2D eigenvalue weighted by molar-refractivity contribution is 0.589. The molecule has 5 heteroatoms. The van der Waals surface area contributed by atoms with E-state index in [0.717, 1.165) is 149 Å². The molecule has 0 fully saturated rings. The number of nitrogens with zero attached hydrogens (tertiary/aromatic N) is 2. The average Bonchev–Trinajstić information content (AvgIpc) is 1.53. The van der Waals surface area contributed by atoms with Crippen LogP contribution in [0.25, 0.3) is 144 Å². The van der Waals surface area contributed by atoms with Crippen molar-refractivity contribution in [2.45, 2.75) is 52.4 Å². The fourth-order valence-corrected chi connectivity index (χ4v) is 15.1. The van der Waals surface area contributed by atoms with E-state index in [2.05, 4.69) is 243 Å². The fourth-order valence-electron chi connectivity index (χ4n) is 15.1. The second-order valence-corrected chi connectivity index (χ2v) is 26.6. The van der Waals surface area contributed by atoms with Crippen molar-refractivity contribution in [1.29, 1.82) is 0 Å². The summed E-state index contributed by atoms with van der Waals surface area (Å²) in [5, 5.41) is 9.40. The predicted octanol–water partition coefficient (Wildman–Crippen LogP) is 21.0. The molecule has 18 rings (SSSR count). The molecule has 0 spiro atoms. The molecule has 0 saturated heterocycles. The van der Waals surface area contributed by atoms with Gasteiger partial charge in [0.15, 0.2) is 0 Å². The lowest BCUT2D eigenvalue weighted by atomic mass is 9.34. The van der Waals surface area contributed by atoms with Crippen LogP contribution in [0.1, 0.15) is 66.4 Å². The topological polar surface area (TPSA) is 37.7 Å². The number of nitrogens with one attached hydrogen (secondary N) is 2. The molecule has 2 N–H and O–H groups in total. The van der Waals surface area contributed by atoms with Gasteiger partial charge in [-0.05, 0) is 149 Å². The number of aromatic amines is 1. The molecule has 5 heterocycles. The molecule has 0 atom stereocenters. The van der Waals surface area contributed by atoms with E-state index in [0.29, 0.717) is 11.1 Å². The second kappa shape index (κ2) is 19.8. The van der Waals surface area contributed by atoms with Crippen LogP contribution in [-0.4, -0.2) is 20.8 Å². The Kier molecular flexibility index (Phi) is 9.52. The van der Waals surface area contributed by atoms with E-state index in [9.17, 15) is 2.74 Å². The average molecular weight is 1180 g/mol. The van der Waals surface area contributed by atoms with Gasteiger partial charge < -0.3 is 19.4 Å². The molecular weight excluding hydrogens is 1100 g/mol. The number of fused-ring (bicyclic) bond motifs is 14. The molecule has 0 aliphatic carbocycles. The van der Waals surface area contributed by atoms with Crippen molar-refractivity contribution >= 4 is 99.9 Å². The third-order valence-corrected chi connectivity index (χ3v) is 19.3. The van der Waals surface area contributed by atoms with Crippen LogP contribution in [-0.2, 0) is 10.8 Å². The highest BCUT2D eigenvalue weighted by molar-refractivity contribution is 7.00. The minimum atomic E-state index is -0.511. The lowest BCUT2D eigenvalue weighted by Gasteiger charge is -2.34. The van der Waals surface area contributed by atoms with Crippen LogP contribution < -0.4 is 21.7 Å². The standard InChI is InChI=1S/C86H65BN4/c1-85(2,3)58-30-20-29-56(45-58)68-49-59(86(4,5)6)40-42-74(68)88-60-41-44-77-70(50-60)71-47-57(53-25-12-8-13-26-53)48-73-83(71)91(77)84-79-67-37-21-35-65(64-34-19-18-33-63(64)62-32-17-16-31-61(62)54-27-14-9-15-28-54)81(67)89-75(79)51-78-80(84)87(73)72-38-22-36-66-69-46-55(52-23-10-7-11-24-52)39-43-76(69)90(78)82(66)72/h7-51,88-89H,1-6H3/i7D,8D,10D,11D,12D,13D,23D,24D,25D,26D. The second-order valence-electron chi connectivity index (χ2n) is 26.6. The summed E-state index contributed by atoms with van der Waals surface area (Å²) in [4.78, 5) is 4.10. The summed E-state index contributed by atoms with van der Waals surface area (Å²) < 4.78 is 94.9. The Morgan fingerprint density at radius 2 is 0.989 bits per heavy atom. The maximum absolute atomic E-state index is 9.58. The highest BCUT2D eigenvalue weighted by atomic mass is 15.0. The highest BCUT2D eigenvalue weighted by Gasteiger charge is 2.43. The number of anilines is 2. The van der Waals surface area contributed by atoms with Crippen LogP contribution in [0, 0.1) is 0 Å². The first kappa shape index (κ1) is 43.7. The number of hydrogen-bond donors (Lipinski definition) is 2. The normalized spacial score (nSPS) is 14.2. The van der Waals surface area contributed by atoms with Crippen LogP contribution in [0.2, 0.25) is 0 Å². The number of rotatable bonds is 8. The smallest absolute Gasteiger partial charge is 0.252 e. The molecule has 91 heavy (non-hydrogen) atoms. The van der Waals surface area contributed by atoms with Crippen LogP contribution >= 0.6 is 0 Å². The van der Waals surface area contributed by atoms with E-state index in [1.807, 2.05) is 30.3 Å². The molecular formula is C86H65BN4. The summed E-state index contributed by atoms with van der Waals surface area (Å²) in [6, 6.07) is 71.2. The largest absolute Gasteiger partial charge is 0.355 e. The van der Waals surface area contributed by atoms with Gasteiger partial charge >= 0.3 is 0 Å². The summed E-state index contributed by atoms with van der Waals surface area (Å²) in [5.74, 6) is 0. The SMILES string of the molecule is [2H]c1c([2H])c([2H])c(-c2ccc3c(c2)c2cccc4c2n3-c2cc3[nH]c5c(-c6ccccc6-c6ccccc6-c6ccccc6)cccc5c3c3c2B4c2cc(-c4c([2H])c([2H])c([2H])c([2H])c4[2H])cc4c5cc(Nc6ccc(C(C)(C)C)cc6-c6cccc(C(C)(C)C)c6)ccc5n-3c24)c([2H])c1[2H]. The Balaban J connectivity index is 0.956. The van der Waals surface area contributed by atoms with Crippen molar-refractivity contribution in [3.63, 3.8) is 0 Å². The van der Waals surface area contributed by atoms with Crippen molar-refractivity contribution in [2.75, 3.05) is 5.32 Å². The van der Waals surface area contributed by atoms with Crippen LogP contribution in [0.5, 0.6) is 0 Å². The van der Waals surface area contributed by atoms with Gasteiger partial charge in [-0.15, -0.1) is 0 Å². The molecule has 432 valence electrons. The van der Waals surface area contributed by atoms with Crippen LogP contribution in [0.4, 0.5) is 11.4 Å². The van der Waals surface area contributed by atoms with E-state index >= 15 is 0 Å². The van der Waals surface area contributed by atoms with Crippen LogP contribution in [0.15, 0.2) is 273 Å². The molecule has 0 bridgehead atoms. The van der Waals surface area contributed by atoms with Gasteiger partial charge in [0, 0.05) is 71.5 Å². The van der Waals surface area contributed by atoms with Gasteiger partial charge in [-0.2, -0.15) is 0 Å². The fraction of sp³-hybridized carbons (Fsp3) is 0.0930. The molecule has 2 aliphatic heterocycles. The Morgan fingerprint density at radius 3 is 1.75 bits per heavy atom. The molecule has 2 aliphatic rings. The molecule has 3 aromatic heterocycles. The maximum Gasteiger partial charge on any atom is 0.252 e.